The summed E-state index contributed by atoms with van der Waals surface area (Å²) in [6, 6.07) is 4.30. The highest BCUT2D eigenvalue weighted by Crippen LogP contribution is 2.50. The Labute approximate surface area is 168 Å². The van der Waals surface area contributed by atoms with Crippen LogP contribution in [-0.4, -0.2) is 35.1 Å². The molecule has 2 aromatic rings. The van der Waals surface area contributed by atoms with Crippen molar-refractivity contribution in [3.8, 4) is 0 Å². The number of nitrogens with zero attached hydrogens (tertiary/aromatic N) is 2. The lowest BCUT2D eigenvalue weighted by Crippen LogP contribution is -2.54. The predicted molar refractivity (Wildman–Crippen MR) is 98.2 cm³/mol. The average molecular weight is 423 g/mol. The summed E-state index contributed by atoms with van der Waals surface area (Å²) in [4.78, 5) is 12.5. The number of nitrogens with one attached hydrogen (secondary N) is 1. The quantitative estimate of drug-likeness (QED) is 0.745. The average Bonchev–Trinajstić information content (AvgIpc) is 3.08. The smallest absolute Gasteiger partial charge is 0.244 e. The van der Waals surface area contributed by atoms with Crippen LogP contribution in [0.5, 0.6) is 0 Å². The van der Waals surface area contributed by atoms with Crippen LogP contribution in [0.4, 0.5) is 23.2 Å². The van der Waals surface area contributed by atoms with Crippen molar-refractivity contribution in [1.82, 2.24) is 5.01 Å². The second kappa shape index (κ2) is 7.28. The van der Waals surface area contributed by atoms with Crippen LogP contribution < -0.4 is 5.32 Å². The predicted octanol–water partition coefficient (Wildman–Crippen LogP) is 3.06. The molecule has 10 heteroatoms. The summed E-state index contributed by atoms with van der Waals surface area (Å²) < 4.78 is 62.7. The number of carbonyl (C=O) groups excluding carboxylic acids is 1. The van der Waals surface area contributed by atoms with Crippen LogP contribution in [-0.2, 0) is 15.3 Å². The number of hydrogen-bond acceptors (Lipinski definition) is 5. The number of amides is 1. The van der Waals surface area contributed by atoms with Gasteiger partial charge in [0.2, 0.25) is 17.5 Å². The van der Waals surface area contributed by atoms with Gasteiger partial charge in [-0.3, -0.25) is 4.79 Å². The van der Waals surface area contributed by atoms with E-state index >= 15 is 0 Å². The Morgan fingerprint density at radius 1 is 1.23 bits per heavy atom. The molecule has 2 aliphatic rings. The molecule has 158 valence electrons. The molecule has 2 heterocycles. The lowest BCUT2D eigenvalue weighted by molar-refractivity contribution is -0.161. The number of carbonyl (C=O) groups is 1. The first-order chi connectivity index (χ1) is 14.3. The zero-order chi connectivity index (χ0) is 21.6. The number of anilines is 1. The molecule has 2 unspecified atom stereocenters. The van der Waals surface area contributed by atoms with Crippen LogP contribution in [0, 0.1) is 29.2 Å². The van der Waals surface area contributed by atoms with Crippen molar-refractivity contribution in [3.63, 3.8) is 0 Å². The number of rotatable bonds is 3. The molecule has 0 bridgehead atoms. The van der Waals surface area contributed by atoms with Crippen molar-refractivity contribution < 1.29 is 32.2 Å². The molecule has 0 saturated carbocycles. The number of aliphatic hydroxyl groups excluding tert-OH is 1. The Balaban J connectivity index is 1.94. The van der Waals surface area contributed by atoms with Gasteiger partial charge in [0.15, 0.2) is 0 Å². The second-order valence-electron chi connectivity index (χ2n) is 7.06. The van der Waals surface area contributed by atoms with E-state index in [-0.39, 0.29) is 36.4 Å². The van der Waals surface area contributed by atoms with Crippen molar-refractivity contribution in [2.45, 2.75) is 19.1 Å². The number of hydrazone groups is 1. The van der Waals surface area contributed by atoms with Crippen molar-refractivity contribution >= 4 is 17.5 Å². The first-order valence-electron chi connectivity index (χ1n) is 9.16. The molecule has 2 aromatic carbocycles. The van der Waals surface area contributed by atoms with E-state index in [9.17, 15) is 27.5 Å². The molecule has 2 N–H and O–H groups in total. The molecule has 0 saturated heterocycles. The van der Waals surface area contributed by atoms with Gasteiger partial charge in [-0.2, -0.15) is 5.01 Å². The number of hydrogen-bond donors (Lipinski definition) is 2. The van der Waals surface area contributed by atoms with Gasteiger partial charge in [0.25, 0.3) is 0 Å². The van der Waals surface area contributed by atoms with Gasteiger partial charge in [-0.15, -0.1) is 5.10 Å². The van der Waals surface area contributed by atoms with Gasteiger partial charge in [-0.05, 0) is 30.7 Å². The Morgan fingerprint density at radius 2 is 2.00 bits per heavy atom. The third-order valence-electron chi connectivity index (χ3n) is 5.21. The number of benzene rings is 2. The third-order valence-corrected chi connectivity index (χ3v) is 5.21. The monoisotopic (exact) mass is 423 g/mol. The minimum absolute atomic E-state index is 0.0499. The van der Waals surface area contributed by atoms with Gasteiger partial charge >= 0.3 is 0 Å². The van der Waals surface area contributed by atoms with Gasteiger partial charge in [-0.25, -0.2) is 17.6 Å². The van der Waals surface area contributed by atoms with Crippen LogP contribution in [0.15, 0.2) is 35.4 Å². The zero-order valence-corrected chi connectivity index (χ0v) is 15.8. The molecule has 0 fully saturated rings. The lowest BCUT2D eigenvalue weighted by atomic mass is 9.81. The Kier molecular flexibility index (Phi) is 4.89. The molecule has 2 aliphatic heterocycles. The fourth-order valence-electron chi connectivity index (χ4n) is 3.95. The van der Waals surface area contributed by atoms with Crippen LogP contribution in [0.25, 0.3) is 0 Å². The van der Waals surface area contributed by atoms with E-state index in [0.29, 0.717) is 6.07 Å². The van der Waals surface area contributed by atoms with Crippen molar-refractivity contribution in [2.75, 3.05) is 18.5 Å². The number of halogens is 4. The molecular weight excluding hydrogens is 406 g/mol. The fraction of sp³-hybridized carbons (Fsp3) is 0.300. The summed E-state index contributed by atoms with van der Waals surface area (Å²) in [5.74, 6) is -5.22. The van der Waals surface area contributed by atoms with Crippen LogP contribution in [0.1, 0.15) is 24.5 Å². The largest absolute Gasteiger partial charge is 0.442 e. The molecule has 1 spiro atoms. The second-order valence-corrected chi connectivity index (χ2v) is 7.06. The van der Waals surface area contributed by atoms with Crippen molar-refractivity contribution in [1.29, 1.82) is 0 Å². The molecule has 2 atom stereocenters. The summed E-state index contributed by atoms with van der Waals surface area (Å²) >= 11 is 0. The molecule has 1 amide bonds. The SMILES string of the molecule is CC(=O)N1N=C(c2cc(F)ccc2F)OC12c1cc(F)cc(F)c1NCC2CCO. The van der Waals surface area contributed by atoms with E-state index in [2.05, 4.69) is 10.4 Å². The molecule has 0 aliphatic carbocycles. The summed E-state index contributed by atoms with van der Waals surface area (Å²) in [5, 5.41) is 17.3. The normalized spacial score (nSPS) is 22.4. The Morgan fingerprint density at radius 3 is 2.70 bits per heavy atom. The lowest BCUT2D eigenvalue weighted by Gasteiger charge is -2.45. The van der Waals surface area contributed by atoms with E-state index in [4.69, 9.17) is 4.74 Å². The first-order valence-corrected chi connectivity index (χ1v) is 9.16. The Hall–Kier alpha value is -3.14. The number of aliphatic hydroxyl groups is 1. The molecule has 0 radical (unpaired) electrons. The first kappa shape index (κ1) is 20.1. The number of ether oxygens (including phenoxy) is 1. The van der Waals surface area contributed by atoms with Crippen molar-refractivity contribution in [3.05, 3.63) is 64.7 Å². The highest BCUT2D eigenvalue weighted by Gasteiger charge is 2.58. The van der Waals surface area contributed by atoms with E-state index < -0.39 is 46.7 Å². The van der Waals surface area contributed by atoms with Gasteiger partial charge < -0.3 is 15.2 Å². The van der Waals surface area contributed by atoms with Gasteiger partial charge in [0.1, 0.15) is 23.3 Å². The number of fused-ring (bicyclic) bond motifs is 2. The van der Waals surface area contributed by atoms with E-state index in [1.807, 2.05) is 0 Å². The van der Waals surface area contributed by atoms with Gasteiger partial charge in [0.05, 0.1) is 11.3 Å². The fourth-order valence-corrected chi connectivity index (χ4v) is 3.95. The van der Waals surface area contributed by atoms with Gasteiger partial charge in [-0.1, -0.05) is 0 Å². The molecule has 0 aromatic heterocycles. The third kappa shape index (κ3) is 2.98. The highest BCUT2D eigenvalue weighted by molar-refractivity contribution is 5.97. The van der Waals surface area contributed by atoms with Gasteiger partial charge in [0, 0.05) is 37.6 Å². The summed E-state index contributed by atoms with van der Waals surface area (Å²) in [6.07, 6.45) is 0.0722. The van der Waals surface area contributed by atoms with Crippen molar-refractivity contribution in [2.24, 2.45) is 11.0 Å². The van der Waals surface area contributed by atoms with Crippen LogP contribution in [0.2, 0.25) is 0 Å². The molecule has 6 nitrogen and oxygen atoms in total. The Bertz CT molecular complexity index is 1060. The summed E-state index contributed by atoms with van der Waals surface area (Å²) in [5.41, 5.74) is -2.38. The zero-order valence-electron chi connectivity index (χ0n) is 15.8. The minimum Gasteiger partial charge on any atom is -0.442 e. The maximum absolute atomic E-state index is 14.5. The van der Waals surface area contributed by atoms with E-state index in [0.717, 1.165) is 36.2 Å². The maximum Gasteiger partial charge on any atom is 0.244 e. The van der Waals surface area contributed by atoms with Crippen LogP contribution >= 0.6 is 0 Å². The molecule has 4 rings (SSSR count). The summed E-state index contributed by atoms with van der Waals surface area (Å²) in [7, 11) is 0. The standard InChI is InChI=1S/C20H17F4N3O3/c1-10(29)27-20(30-19(26-27)14-6-12(21)2-3-16(14)23)11(4-5-28)9-25-18-15(20)7-13(22)8-17(18)24/h2-3,6-8,11,25,28H,4-5,9H2,1H3. The maximum atomic E-state index is 14.5. The minimum atomic E-state index is -1.85. The molecule has 30 heavy (non-hydrogen) atoms. The summed E-state index contributed by atoms with van der Waals surface area (Å²) in [6.45, 7) is 0.890. The van der Waals surface area contributed by atoms with E-state index in [1.54, 1.807) is 0 Å². The topological polar surface area (TPSA) is 74.2 Å². The van der Waals surface area contributed by atoms with Crippen LogP contribution in [0.3, 0.4) is 0 Å². The van der Waals surface area contributed by atoms with E-state index in [1.165, 1.54) is 0 Å². The molecular formula is C20H17F4N3O3. The highest BCUT2D eigenvalue weighted by atomic mass is 19.1.